The molecule has 2 unspecified atom stereocenters. The maximum absolute atomic E-state index is 6.25. The average molecular weight is 302 g/mol. The summed E-state index contributed by atoms with van der Waals surface area (Å²) in [6.07, 6.45) is 1.13. The molecule has 2 nitrogen and oxygen atoms in total. The van der Waals surface area contributed by atoms with Gasteiger partial charge in [0.25, 0.3) is 0 Å². The van der Waals surface area contributed by atoms with Crippen LogP contribution < -0.4 is 5.32 Å². The van der Waals surface area contributed by atoms with Crippen LogP contribution in [0.3, 0.4) is 0 Å². The molecule has 3 rings (SSSR count). The van der Waals surface area contributed by atoms with Crippen molar-refractivity contribution in [1.29, 1.82) is 0 Å². The van der Waals surface area contributed by atoms with E-state index in [0.29, 0.717) is 0 Å². The molecule has 0 spiro atoms. The first-order chi connectivity index (χ1) is 10.3. The number of fused-ring (bicyclic) bond motifs is 1. The van der Waals surface area contributed by atoms with Gasteiger partial charge in [0.1, 0.15) is 0 Å². The number of hydrogen-bond acceptors (Lipinski definition) is 2. The van der Waals surface area contributed by atoms with Gasteiger partial charge in [0, 0.05) is 17.6 Å². The normalized spacial score (nSPS) is 19.0. The van der Waals surface area contributed by atoms with Crippen molar-refractivity contribution in [2.45, 2.75) is 25.5 Å². The number of hydrogen-bond donors (Lipinski definition) is 1. The van der Waals surface area contributed by atoms with Gasteiger partial charge in [-0.25, -0.2) is 0 Å². The fraction of sp³-hybridized carbons (Fsp3) is 0.333. The van der Waals surface area contributed by atoms with E-state index in [4.69, 9.17) is 16.3 Å². The Labute approximate surface area is 131 Å². The largest absolute Gasteiger partial charge is 0.372 e. The molecular formula is C18H20ClNO. The smallest absolute Gasteiger partial charge is 0.0952 e. The van der Waals surface area contributed by atoms with Crippen molar-refractivity contribution < 1.29 is 4.74 Å². The summed E-state index contributed by atoms with van der Waals surface area (Å²) in [7, 11) is 0. The lowest BCUT2D eigenvalue weighted by atomic mass is 9.97. The fourth-order valence-electron chi connectivity index (χ4n) is 2.87. The maximum Gasteiger partial charge on any atom is 0.0952 e. The van der Waals surface area contributed by atoms with Gasteiger partial charge in [-0.3, -0.25) is 0 Å². The van der Waals surface area contributed by atoms with Gasteiger partial charge in [-0.1, -0.05) is 54.1 Å². The predicted molar refractivity (Wildman–Crippen MR) is 86.7 cm³/mol. The summed E-state index contributed by atoms with van der Waals surface area (Å²) >= 11 is 6.25. The zero-order valence-corrected chi connectivity index (χ0v) is 12.9. The first kappa shape index (κ1) is 14.6. The van der Waals surface area contributed by atoms with Gasteiger partial charge >= 0.3 is 0 Å². The van der Waals surface area contributed by atoms with E-state index >= 15 is 0 Å². The minimum absolute atomic E-state index is 0.125. The van der Waals surface area contributed by atoms with Crippen LogP contribution in [0.25, 0.3) is 0 Å². The summed E-state index contributed by atoms with van der Waals surface area (Å²) in [6, 6.07) is 16.7. The van der Waals surface area contributed by atoms with E-state index in [-0.39, 0.29) is 12.1 Å². The molecule has 21 heavy (non-hydrogen) atoms. The van der Waals surface area contributed by atoms with Gasteiger partial charge in [-0.2, -0.15) is 0 Å². The van der Waals surface area contributed by atoms with Crippen molar-refractivity contribution in [2.75, 3.05) is 13.2 Å². The van der Waals surface area contributed by atoms with Crippen LogP contribution in [0.4, 0.5) is 0 Å². The zero-order chi connectivity index (χ0) is 14.7. The van der Waals surface area contributed by atoms with Gasteiger partial charge < -0.3 is 10.1 Å². The lowest BCUT2D eigenvalue weighted by Crippen LogP contribution is -2.29. The topological polar surface area (TPSA) is 21.3 Å². The molecule has 0 saturated heterocycles. The van der Waals surface area contributed by atoms with Gasteiger partial charge in [0.2, 0.25) is 0 Å². The number of nitrogens with one attached hydrogen (secondary N) is 1. The van der Waals surface area contributed by atoms with Crippen LogP contribution in [0.15, 0.2) is 48.5 Å². The van der Waals surface area contributed by atoms with Crippen molar-refractivity contribution in [3.05, 3.63) is 70.2 Å². The standard InChI is InChI=1S/C18H20ClNO/c1-13(15-7-4-5-9-17(15)19)20-12-18-16-8-3-2-6-14(16)10-11-21-18/h2-9,13,18,20H,10-12H2,1H3. The second-order valence-corrected chi connectivity index (χ2v) is 5.87. The molecule has 0 radical (unpaired) electrons. The van der Waals surface area contributed by atoms with Crippen molar-refractivity contribution in [1.82, 2.24) is 5.32 Å². The Bertz CT molecular complexity index is 614. The summed E-state index contributed by atoms with van der Waals surface area (Å²) in [5.74, 6) is 0. The minimum Gasteiger partial charge on any atom is -0.372 e. The van der Waals surface area contributed by atoms with Crippen LogP contribution in [-0.2, 0) is 11.2 Å². The molecule has 0 fully saturated rings. The van der Waals surface area contributed by atoms with Crippen LogP contribution in [0.2, 0.25) is 5.02 Å². The highest BCUT2D eigenvalue weighted by molar-refractivity contribution is 6.31. The van der Waals surface area contributed by atoms with Crippen molar-refractivity contribution >= 4 is 11.6 Å². The van der Waals surface area contributed by atoms with E-state index in [1.165, 1.54) is 11.1 Å². The summed E-state index contributed by atoms with van der Waals surface area (Å²) in [6.45, 7) is 3.73. The van der Waals surface area contributed by atoms with Gasteiger partial charge in [-0.05, 0) is 36.1 Å². The number of rotatable bonds is 4. The van der Waals surface area contributed by atoms with E-state index in [1.54, 1.807) is 0 Å². The molecule has 2 aromatic rings. The van der Waals surface area contributed by atoms with Crippen molar-refractivity contribution in [3.63, 3.8) is 0 Å². The molecule has 2 aromatic carbocycles. The van der Waals surface area contributed by atoms with E-state index in [9.17, 15) is 0 Å². The molecule has 0 bridgehead atoms. The lowest BCUT2D eigenvalue weighted by Gasteiger charge is -2.27. The third-order valence-corrected chi connectivity index (χ3v) is 4.42. The first-order valence-electron chi connectivity index (χ1n) is 7.43. The number of ether oxygens (including phenoxy) is 1. The SMILES string of the molecule is CC(NCC1OCCc2ccccc21)c1ccccc1Cl. The second kappa shape index (κ2) is 6.61. The highest BCUT2D eigenvalue weighted by atomic mass is 35.5. The molecule has 0 saturated carbocycles. The third kappa shape index (κ3) is 3.29. The second-order valence-electron chi connectivity index (χ2n) is 5.46. The zero-order valence-electron chi connectivity index (χ0n) is 12.2. The fourth-order valence-corrected chi connectivity index (χ4v) is 3.17. The molecule has 1 aliphatic rings. The van der Waals surface area contributed by atoms with Crippen LogP contribution in [0.1, 0.15) is 35.8 Å². The number of halogens is 1. The molecule has 1 heterocycles. The molecule has 1 N–H and O–H groups in total. The molecule has 110 valence electrons. The monoisotopic (exact) mass is 301 g/mol. The first-order valence-corrected chi connectivity index (χ1v) is 7.80. The van der Waals surface area contributed by atoms with E-state index in [2.05, 4.69) is 42.6 Å². The van der Waals surface area contributed by atoms with Gasteiger partial charge in [0.05, 0.1) is 12.7 Å². The Morgan fingerprint density at radius 3 is 2.81 bits per heavy atom. The average Bonchev–Trinajstić information content (AvgIpc) is 2.53. The van der Waals surface area contributed by atoms with Crippen LogP contribution in [0, 0.1) is 0 Å². The van der Waals surface area contributed by atoms with Gasteiger partial charge in [-0.15, -0.1) is 0 Å². The van der Waals surface area contributed by atoms with E-state index < -0.39 is 0 Å². The summed E-state index contributed by atoms with van der Waals surface area (Å²) in [5, 5.41) is 4.35. The molecule has 0 aliphatic carbocycles. The van der Waals surface area contributed by atoms with Crippen LogP contribution >= 0.6 is 11.6 Å². The Hall–Kier alpha value is -1.35. The number of benzene rings is 2. The minimum atomic E-state index is 0.125. The quantitative estimate of drug-likeness (QED) is 0.909. The van der Waals surface area contributed by atoms with Crippen LogP contribution in [-0.4, -0.2) is 13.2 Å². The third-order valence-electron chi connectivity index (χ3n) is 4.07. The molecule has 1 aliphatic heterocycles. The molecule has 3 heteroatoms. The summed E-state index contributed by atoms with van der Waals surface area (Å²) in [5.41, 5.74) is 3.84. The van der Waals surface area contributed by atoms with Crippen molar-refractivity contribution in [2.24, 2.45) is 0 Å². The predicted octanol–water partition coefficient (Wildman–Crippen LogP) is 4.30. The van der Waals surface area contributed by atoms with Gasteiger partial charge in [0.15, 0.2) is 0 Å². The van der Waals surface area contributed by atoms with E-state index in [1.807, 2.05) is 18.2 Å². The summed E-state index contributed by atoms with van der Waals surface area (Å²) in [4.78, 5) is 0. The van der Waals surface area contributed by atoms with Crippen molar-refractivity contribution in [3.8, 4) is 0 Å². The molecule has 0 aromatic heterocycles. The Balaban J connectivity index is 1.67. The molecule has 2 atom stereocenters. The Morgan fingerprint density at radius 1 is 1.19 bits per heavy atom. The Kier molecular flexibility index (Phi) is 4.59. The molecule has 0 amide bonds. The lowest BCUT2D eigenvalue weighted by molar-refractivity contribution is 0.0410. The van der Waals surface area contributed by atoms with Crippen LogP contribution in [0.5, 0.6) is 0 Å². The summed E-state index contributed by atoms with van der Waals surface area (Å²) < 4.78 is 5.93. The highest BCUT2D eigenvalue weighted by Gasteiger charge is 2.21. The molecular weight excluding hydrogens is 282 g/mol. The Morgan fingerprint density at radius 2 is 1.95 bits per heavy atom. The van der Waals surface area contributed by atoms with E-state index in [0.717, 1.165) is 30.2 Å². The highest BCUT2D eigenvalue weighted by Crippen LogP contribution is 2.28. The maximum atomic E-state index is 6.25.